The van der Waals surface area contributed by atoms with Gasteiger partial charge in [-0.15, -0.1) is 11.6 Å². The number of halogens is 1. The van der Waals surface area contributed by atoms with E-state index in [1.54, 1.807) is 6.26 Å². The summed E-state index contributed by atoms with van der Waals surface area (Å²) in [6.07, 6.45) is 3.61. The van der Waals surface area contributed by atoms with E-state index in [9.17, 15) is 4.79 Å². The van der Waals surface area contributed by atoms with E-state index in [0.717, 1.165) is 12.2 Å². The van der Waals surface area contributed by atoms with E-state index in [0.29, 0.717) is 24.6 Å². The first-order valence-electron chi connectivity index (χ1n) is 5.99. The van der Waals surface area contributed by atoms with Crippen molar-refractivity contribution in [3.8, 4) is 0 Å². The molecule has 4 heteroatoms. The summed E-state index contributed by atoms with van der Waals surface area (Å²) in [5.74, 6) is 1.87. The van der Waals surface area contributed by atoms with Crippen LogP contribution in [0.4, 0.5) is 0 Å². The molecule has 0 fully saturated rings. The molecule has 3 nitrogen and oxygen atoms in total. The first kappa shape index (κ1) is 14.1. The van der Waals surface area contributed by atoms with Gasteiger partial charge in [0.15, 0.2) is 0 Å². The molecule has 1 N–H and O–H groups in total. The number of alkyl halides is 1. The van der Waals surface area contributed by atoms with Gasteiger partial charge in [-0.1, -0.05) is 13.8 Å². The molecule has 1 aromatic rings. The smallest absolute Gasteiger partial charge is 0.220 e. The fourth-order valence-corrected chi connectivity index (χ4v) is 1.92. The Kier molecular flexibility index (Phi) is 6.12. The minimum absolute atomic E-state index is 0.0349. The van der Waals surface area contributed by atoms with Gasteiger partial charge in [0.25, 0.3) is 0 Å². The van der Waals surface area contributed by atoms with Crippen LogP contribution in [0.3, 0.4) is 0 Å². The molecule has 1 aromatic heterocycles. The van der Waals surface area contributed by atoms with Crippen LogP contribution in [0.15, 0.2) is 22.8 Å². The van der Waals surface area contributed by atoms with Crippen LogP contribution >= 0.6 is 11.6 Å². The van der Waals surface area contributed by atoms with Crippen molar-refractivity contribution in [2.24, 2.45) is 5.92 Å². The normalized spacial score (nSPS) is 12.7. The fraction of sp³-hybridized carbons (Fsp3) is 0.615. The maximum absolute atomic E-state index is 11.7. The summed E-state index contributed by atoms with van der Waals surface area (Å²) in [4.78, 5) is 11.7. The molecule has 17 heavy (non-hydrogen) atoms. The predicted octanol–water partition coefficient (Wildman–Crippen LogP) is 2.98. The van der Waals surface area contributed by atoms with Crippen LogP contribution in [0.5, 0.6) is 0 Å². The topological polar surface area (TPSA) is 42.2 Å². The average molecular weight is 258 g/mol. The third-order valence-corrected chi connectivity index (χ3v) is 2.86. The van der Waals surface area contributed by atoms with Crippen molar-refractivity contribution in [3.05, 3.63) is 24.2 Å². The maximum Gasteiger partial charge on any atom is 0.220 e. The molecule has 0 saturated carbocycles. The highest BCUT2D eigenvalue weighted by atomic mass is 35.5. The molecule has 0 aliphatic rings. The van der Waals surface area contributed by atoms with Crippen molar-refractivity contribution >= 4 is 17.5 Å². The van der Waals surface area contributed by atoms with Crippen LogP contribution < -0.4 is 5.32 Å². The third kappa shape index (κ3) is 5.78. The molecule has 1 amide bonds. The lowest BCUT2D eigenvalue weighted by atomic mass is 10.0. The molecular weight excluding hydrogens is 238 g/mol. The molecule has 0 aliphatic heterocycles. The summed E-state index contributed by atoms with van der Waals surface area (Å²) < 4.78 is 5.17. The largest absolute Gasteiger partial charge is 0.469 e. The van der Waals surface area contributed by atoms with Gasteiger partial charge < -0.3 is 9.73 Å². The van der Waals surface area contributed by atoms with Gasteiger partial charge in [0.05, 0.1) is 6.26 Å². The van der Waals surface area contributed by atoms with Crippen LogP contribution in [0, 0.1) is 5.92 Å². The zero-order valence-electron chi connectivity index (χ0n) is 10.4. The molecule has 0 aromatic carbocycles. The lowest BCUT2D eigenvalue weighted by Crippen LogP contribution is -2.37. The monoisotopic (exact) mass is 257 g/mol. The molecular formula is C13H20ClNO2. The third-order valence-electron chi connectivity index (χ3n) is 2.49. The quantitative estimate of drug-likeness (QED) is 0.763. The van der Waals surface area contributed by atoms with E-state index in [1.165, 1.54) is 0 Å². The van der Waals surface area contributed by atoms with Crippen LogP contribution in [0.1, 0.15) is 32.4 Å². The van der Waals surface area contributed by atoms with Gasteiger partial charge in [-0.2, -0.15) is 0 Å². The van der Waals surface area contributed by atoms with Gasteiger partial charge in [-0.3, -0.25) is 4.79 Å². The standard InChI is InChI=1S/C13H20ClNO2/c1-10(2)8-11(9-14)15-13(16)6-5-12-4-3-7-17-12/h3-4,7,10-11H,5-6,8-9H2,1-2H3,(H,15,16). The maximum atomic E-state index is 11.7. The number of carbonyl (C=O) groups is 1. The minimum atomic E-state index is 0.0349. The Labute approximate surface area is 108 Å². The SMILES string of the molecule is CC(C)CC(CCl)NC(=O)CCc1ccco1. The van der Waals surface area contributed by atoms with Gasteiger partial charge in [0.1, 0.15) is 5.76 Å². The summed E-state index contributed by atoms with van der Waals surface area (Å²) in [6, 6.07) is 3.77. The molecule has 0 spiro atoms. The summed E-state index contributed by atoms with van der Waals surface area (Å²) >= 11 is 5.82. The van der Waals surface area contributed by atoms with Crippen LogP contribution in [0.2, 0.25) is 0 Å². The van der Waals surface area contributed by atoms with E-state index < -0.39 is 0 Å². The van der Waals surface area contributed by atoms with Crippen LogP contribution in [0.25, 0.3) is 0 Å². The highest BCUT2D eigenvalue weighted by Crippen LogP contribution is 2.07. The van der Waals surface area contributed by atoms with E-state index in [-0.39, 0.29) is 11.9 Å². The van der Waals surface area contributed by atoms with Crippen molar-refractivity contribution in [1.82, 2.24) is 5.32 Å². The molecule has 0 radical (unpaired) electrons. The first-order valence-corrected chi connectivity index (χ1v) is 6.53. The van der Waals surface area contributed by atoms with Crippen LogP contribution in [-0.2, 0) is 11.2 Å². The Morgan fingerprint density at radius 1 is 1.53 bits per heavy atom. The molecule has 1 atom stereocenters. The van der Waals surface area contributed by atoms with E-state index in [2.05, 4.69) is 19.2 Å². The number of nitrogens with one attached hydrogen (secondary N) is 1. The van der Waals surface area contributed by atoms with Crippen molar-refractivity contribution in [3.63, 3.8) is 0 Å². The zero-order valence-corrected chi connectivity index (χ0v) is 11.2. The minimum Gasteiger partial charge on any atom is -0.469 e. The second-order valence-corrected chi connectivity index (χ2v) is 4.94. The second kappa shape index (κ2) is 7.38. The summed E-state index contributed by atoms with van der Waals surface area (Å²) in [6.45, 7) is 4.24. The Morgan fingerprint density at radius 2 is 2.29 bits per heavy atom. The zero-order chi connectivity index (χ0) is 12.7. The molecule has 0 saturated heterocycles. The van der Waals surface area contributed by atoms with Gasteiger partial charge >= 0.3 is 0 Å². The summed E-state index contributed by atoms with van der Waals surface area (Å²) in [7, 11) is 0. The first-order chi connectivity index (χ1) is 8.11. The van der Waals surface area contributed by atoms with Crippen molar-refractivity contribution in [1.29, 1.82) is 0 Å². The predicted molar refractivity (Wildman–Crippen MR) is 69.1 cm³/mol. The number of hydrogen-bond acceptors (Lipinski definition) is 2. The van der Waals surface area contributed by atoms with E-state index >= 15 is 0 Å². The molecule has 96 valence electrons. The van der Waals surface area contributed by atoms with Crippen molar-refractivity contribution in [2.75, 3.05) is 5.88 Å². The molecule has 1 rings (SSSR count). The molecule has 1 unspecified atom stereocenters. The number of hydrogen-bond donors (Lipinski definition) is 1. The summed E-state index contributed by atoms with van der Waals surface area (Å²) in [5.41, 5.74) is 0. The Morgan fingerprint density at radius 3 is 2.82 bits per heavy atom. The summed E-state index contributed by atoms with van der Waals surface area (Å²) in [5, 5.41) is 2.95. The van der Waals surface area contributed by atoms with Crippen LogP contribution in [-0.4, -0.2) is 17.8 Å². The molecule has 1 heterocycles. The van der Waals surface area contributed by atoms with Gasteiger partial charge in [0.2, 0.25) is 5.91 Å². The Hall–Kier alpha value is -0.960. The van der Waals surface area contributed by atoms with Crippen molar-refractivity contribution in [2.45, 2.75) is 39.2 Å². The lowest BCUT2D eigenvalue weighted by Gasteiger charge is -2.17. The highest BCUT2D eigenvalue weighted by molar-refractivity contribution is 6.18. The molecule has 0 bridgehead atoms. The van der Waals surface area contributed by atoms with Gasteiger partial charge in [0, 0.05) is 24.8 Å². The van der Waals surface area contributed by atoms with Crippen molar-refractivity contribution < 1.29 is 9.21 Å². The number of aryl methyl sites for hydroxylation is 1. The van der Waals surface area contributed by atoms with Gasteiger partial charge in [-0.05, 0) is 24.5 Å². The number of furan rings is 1. The van der Waals surface area contributed by atoms with Gasteiger partial charge in [-0.25, -0.2) is 0 Å². The van der Waals surface area contributed by atoms with E-state index in [4.69, 9.17) is 16.0 Å². The lowest BCUT2D eigenvalue weighted by molar-refractivity contribution is -0.121. The average Bonchev–Trinajstić information content (AvgIpc) is 2.77. The number of carbonyl (C=O) groups excluding carboxylic acids is 1. The number of rotatable bonds is 7. The van der Waals surface area contributed by atoms with E-state index in [1.807, 2.05) is 12.1 Å². The highest BCUT2D eigenvalue weighted by Gasteiger charge is 2.13. The fourth-order valence-electron chi connectivity index (χ4n) is 1.72. The molecule has 0 aliphatic carbocycles. The Balaban J connectivity index is 2.27. The second-order valence-electron chi connectivity index (χ2n) is 4.63. The Bertz CT molecular complexity index is 322. The number of amides is 1.